The Morgan fingerprint density at radius 3 is 2.57 bits per heavy atom. The number of hydrogen-bond donors (Lipinski definition) is 0. The first-order valence-corrected chi connectivity index (χ1v) is 7.02. The van der Waals surface area contributed by atoms with E-state index < -0.39 is 0 Å². The van der Waals surface area contributed by atoms with Crippen molar-refractivity contribution in [1.82, 2.24) is 4.98 Å². The highest BCUT2D eigenvalue weighted by Crippen LogP contribution is 2.25. The van der Waals surface area contributed by atoms with E-state index in [9.17, 15) is 0 Å². The fraction of sp³-hybridized carbons (Fsp3) is 0.111. The molecule has 0 radical (unpaired) electrons. The minimum atomic E-state index is 0.0643. The van der Waals surface area contributed by atoms with Crippen molar-refractivity contribution in [1.29, 1.82) is 0 Å². The lowest BCUT2D eigenvalue weighted by Gasteiger charge is -2.03. The number of ether oxygens (including phenoxy) is 1. The first-order chi connectivity index (χ1) is 10.4. The molecule has 3 nitrogen and oxygen atoms in total. The van der Waals surface area contributed by atoms with Crippen LogP contribution in [0.2, 0.25) is 0 Å². The summed E-state index contributed by atoms with van der Waals surface area (Å²) in [6.07, 6.45) is 0. The predicted molar refractivity (Wildman–Crippen MR) is 83.4 cm³/mol. The van der Waals surface area contributed by atoms with Crippen LogP contribution in [0.25, 0.3) is 10.9 Å². The average molecular weight is 274 g/mol. The molecule has 0 fully saturated rings. The van der Waals surface area contributed by atoms with Crippen LogP contribution in [0.1, 0.15) is 17.3 Å². The van der Waals surface area contributed by atoms with Gasteiger partial charge in [0.15, 0.2) is 0 Å². The molecule has 102 valence electrons. The Labute approximate surface area is 122 Å². The lowest BCUT2D eigenvalue weighted by atomic mass is 10.1. The molecule has 0 saturated carbocycles. The third-order valence-corrected chi connectivity index (χ3v) is 3.65. The number of aliphatic imine (C=N–C) groups is 1. The average Bonchev–Trinajstić information content (AvgIpc) is 3.05. The molecule has 0 amide bonds. The minimum Gasteiger partial charge on any atom is -0.474 e. The standard InChI is InChI=1S/C18H14N2O/c1-2-6-13(7-3-1)17-12-21-18(20-17)16-11-10-14-8-4-5-9-15(14)19-16/h1-11,17H,12H2/t17-/m0/s1. The number of benzene rings is 2. The molecule has 0 unspecified atom stereocenters. The van der Waals surface area contributed by atoms with Crippen molar-refractivity contribution >= 4 is 16.8 Å². The molecule has 1 aliphatic rings. The number of para-hydroxylation sites is 1. The molecule has 4 rings (SSSR count). The van der Waals surface area contributed by atoms with Crippen LogP contribution in [-0.4, -0.2) is 17.5 Å². The van der Waals surface area contributed by atoms with Crippen molar-refractivity contribution < 1.29 is 4.74 Å². The van der Waals surface area contributed by atoms with Gasteiger partial charge in [0.05, 0.1) is 5.52 Å². The molecule has 1 aliphatic heterocycles. The van der Waals surface area contributed by atoms with E-state index in [0.29, 0.717) is 12.5 Å². The Morgan fingerprint density at radius 2 is 1.67 bits per heavy atom. The zero-order valence-electron chi connectivity index (χ0n) is 11.4. The summed E-state index contributed by atoms with van der Waals surface area (Å²) in [6.45, 7) is 0.577. The van der Waals surface area contributed by atoms with Crippen LogP contribution in [0.15, 0.2) is 71.7 Å². The second kappa shape index (κ2) is 5.02. The van der Waals surface area contributed by atoms with Gasteiger partial charge in [0.25, 0.3) is 0 Å². The SMILES string of the molecule is c1ccc([C@@H]2COC(c3ccc4ccccc4n3)=N2)cc1. The highest BCUT2D eigenvalue weighted by atomic mass is 16.5. The van der Waals surface area contributed by atoms with Crippen LogP contribution in [0.3, 0.4) is 0 Å². The van der Waals surface area contributed by atoms with Crippen LogP contribution in [-0.2, 0) is 4.74 Å². The van der Waals surface area contributed by atoms with Gasteiger partial charge in [-0.2, -0.15) is 0 Å². The molecular formula is C18H14N2O. The Hall–Kier alpha value is -2.68. The fourth-order valence-electron chi connectivity index (χ4n) is 2.55. The Balaban J connectivity index is 1.69. The number of nitrogens with zero attached hydrogens (tertiary/aromatic N) is 2. The molecule has 0 N–H and O–H groups in total. The maximum atomic E-state index is 5.74. The van der Waals surface area contributed by atoms with Crippen molar-refractivity contribution in [3.8, 4) is 0 Å². The number of pyridine rings is 1. The summed E-state index contributed by atoms with van der Waals surface area (Å²) < 4.78 is 5.74. The summed E-state index contributed by atoms with van der Waals surface area (Å²) in [5, 5.41) is 1.12. The van der Waals surface area contributed by atoms with Gasteiger partial charge >= 0.3 is 0 Å². The normalized spacial score (nSPS) is 17.5. The number of fused-ring (bicyclic) bond motifs is 1. The quantitative estimate of drug-likeness (QED) is 0.713. The maximum absolute atomic E-state index is 5.74. The van der Waals surface area contributed by atoms with Crippen LogP contribution < -0.4 is 0 Å². The lowest BCUT2D eigenvalue weighted by molar-refractivity contribution is 0.319. The van der Waals surface area contributed by atoms with E-state index in [4.69, 9.17) is 4.74 Å². The second-order valence-corrected chi connectivity index (χ2v) is 5.06. The maximum Gasteiger partial charge on any atom is 0.236 e. The van der Waals surface area contributed by atoms with E-state index in [2.05, 4.69) is 34.2 Å². The van der Waals surface area contributed by atoms with Crippen LogP contribution in [0.5, 0.6) is 0 Å². The van der Waals surface area contributed by atoms with Crippen LogP contribution >= 0.6 is 0 Å². The topological polar surface area (TPSA) is 34.5 Å². The highest BCUT2D eigenvalue weighted by molar-refractivity contribution is 5.95. The van der Waals surface area contributed by atoms with Crippen molar-refractivity contribution in [2.45, 2.75) is 6.04 Å². The summed E-state index contributed by atoms with van der Waals surface area (Å²) in [5.74, 6) is 0.634. The van der Waals surface area contributed by atoms with Gasteiger partial charge in [-0.1, -0.05) is 54.6 Å². The van der Waals surface area contributed by atoms with Crippen molar-refractivity contribution in [3.63, 3.8) is 0 Å². The first kappa shape index (κ1) is 12.1. The molecule has 3 heteroatoms. The van der Waals surface area contributed by atoms with Gasteiger partial charge in [-0.05, 0) is 17.7 Å². The van der Waals surface area contributed by atoms with E-state index in [1.165, 1.54) is 5.56 Å². The lowest BCUT2D eigenvalue weighted by Crippen LogP contribution is -2.03. The number of rotatable bonds is 2. The van der Waals surface area contributed by atoms with Crippen molar-refractivity contribution in [3.05, 3.63) is 78.0 Å². The molecule has 2 aromatic carbocycles. The first-order valence-electron chi connectivity index (χ1n) is 7.02. The molecular weight excluding hydrogens is 260 g/mol. The molecule has 1 atom stereocenters. The third kappa shape index (κ3) is 2.27. The predicted octanol–water partition coefficient (Wildman–Crippen LogP) is 3.75. The van der Waals surface area contributed by atoms with E-state index >= 15 is 0 Å². The Kier molecular flexibility index (Phi) is 2.89. The zero-order chi connectivity index (χ0) is 14.1. The molecule has 1 aromatic heterocycles. The van der Waals surface area contributed by atoms with Gasteiger partial charge in [-0.25, -0.2) is 9.98 Å². The Bertz CT molecular complexity index is 812. The molecule has 21 heavy (non-hydrogen) atoms. The van der Waals surface area contributed by atoms with Crippen LogP contribution in [0, 0.1) is 0 Å². The van der Waals surface area contributed by atoms with Gasteiger partial charge < -0.3 is 4.74 Å². The van der Waals surface area contributed by atoms with Crippen LogP contribution in [0.4, 0.5) is 0 Å². The monoisotopic (exact) mass is 274 g/mol. The summed E-state index contributed by atoms with van der Waals surface area (Å²) in [6, 6.07) is 22.4. The van der Waals surface area contributed by atoms with Gasteiger partial charge in [-0.3, -0.25) is 0 Å². The van der Waals surface area contributed by atoms with Gasteiger partial charge in [0.2, 0.25) is 5.90 Å². The zero-order valence-corrected chi connectivity index (χ0v) is 11.4. The van der Waals surface area contributed by atoms with E-state index in [1.807, 2.05) is 42.5 Å². The second-order valence-electron chi connectivity index (χ2n) is 5.06. The number of hydrogen-bond acceptors (Lipinski definition) is 3. The molecule has 0 spiro atoms. The van der Waals surface area contributed by atoms with E-state index in [0.717, 1.165) is 16.6 Å². The summed E-state index contributed by atoms with van der Waals surface area (Å²) >= 11 is 0. The summed E-state index contributed by atoms with van der Waals surface area (Å²) in [4.78, 5) is 9.30. The molecule has 2 heterocycles. The van der Waals surface area contributed by atoms with Crippen molar-refractivity contribution in [2.75, 3.05) is 6.61 Å². The van der Waals surface area contributed by atoms with Gasteiger partial charge in [0, 0.05) is 5.39 Å². The van der Waals surface area contributed by atoms with Gasteiger partial charge in [-0.15, -0.1) is 0 Å². The number of aromatic nitrogens is 1. The largest absolute Gasteiger partial charge is 0.474 e. The molecule has 0 saturated heterocycles. The van der Waals surface area contributed by atoms with E-state index in [1.54, 1.807) is 0 Å². The van der Waals surface area contributed by atoms with E-state index in [-0.39, 0.29) is 6.04 Å². The van der Waals surface area contributed by atoms with Gasteiger partial charge in [0.1, 0.15) is 18.3 Å². The molecule has 0 aliphatic carbocycles. The minimum absolute atomic E-state index is 0.0643. The summed E-state index contributed by atoms with van der Waals surface area (Å²) in [7, 11) is 0. The third-order valence-electron chi connectivity index (χ3n) is 3.65. The smallest absolute Gasteiger partial charge is 0.236 e. The summed E-state index contributed by atoms with van der Waals surface area (Å²) in [5.41, 5.74) is 2.94. The highest BCUT2D eigenvalue weighted by Gasteiger charge is 2.22. The molecule has 0 bridgehead atoms. The van der Waals surface area contributed by atoms with Crippen molar-refractivity contribution in [2.24, 2.45) is 4.99 Å². The fourth-order valence-corrected chi connectivity index (χ4v) is 2.55. The molecule has 3 aromatic rings. The Morgan fingerprint density at radius 1 is 0.857 bits per heavy atom.